The number of aromatic nitrogens is 3. The molecule has 0 unspecified atom stereocenters. The lowest BCUT2D eigenvalue weighted by Crippen LogP contribution is -2.35. The number of imidazole rings is 1. The predicted molar refractivity (Wildman–Crippen MR) is 87.4 cm³/mol. The van der Waals surface area contributed by atoms with E-state index >= 15 is 0 Å². The third-order valence-electron chi connectivity index (χ3n) is 3.84. The first kappa shape index (κ1) is 15.2. The summed E-state index contributed by atoms with van der Waals surface area (Å²) in [5, 5.41) is 0. The monoisotopic (exact) mass is 309 g/mol. The fourth-order valence-electron chi connectivity index (χ4n) is 2.64. The van der Waals surface area contributed by atoms with E-state index in [1.165, 1.54) is 0 Å². The molecule has 0 saturated heterocycles. The number of nitrogens with zero attached hydrogens (tertiary/aromatic N) is 4. The van der Waals surface area contributed by atoms with Gasteiger partial charge in [-0.1, -0.05) is 30.3 Å². The van der Waals surface area contributed by atoms with Crippen molar-refractivity contribution in [2.45, 2.75) is 19.5 Å². The van der Waals surface area contributed by atoms with Crippen LogP contribution < -0.4 is 5.73 Å². The molecule has 0 spiro atoms. The first-order valence-electron chi connectivity index (χ1n) is 7.49. The van der Waals surface area contributed by atoms with Crippen molar-refractivity contribution in [1.29, 1.82) is 0 Å². The summed E-state index contributed by atoms with van der Waals surface area (Å²) in [6, 6.07) is 12.0. The minimum absolute atomic E-state index is 0.0569. The lowest BCUT2D eigenvalue weighted by atomic mass is 10.1. The topological polar surface area (TPSA) is 76.5 Å². The van der Waals surface area contributed by atoms with Gasteiger partial charge < -0.3 is 5.73 Å². The molecule has 0 aliphatic heterocycles. The smallest absolute Gasteiger partial charge is 0.233 e. The Morgan fingerprint density at radius 1 is 1.30 bits per heavy atom. The van der Waals surface area contributed by atoms with Crippen LogP contribution in [0.1, 0.15) is 24.2 Å². The third-order valence-corrected chi connectivity index (χ3v) is 3.84. The van der Waals surface area contributed by atoms with Crippen LogP contribution >= 0.6 is 0 Å². The number of nitrogens with two attached hydrogens (primary N) is 1. The summed E-state index contributed by atoms with van der Waals surface area (Å²) in [7, 11) is 0. The number of primary amides is 1. The van der Waals surface area contributed by atoms with Gasteiger partial charge in [-0.15, -0.1) is 0 Å². The molecule has 0 radical (unpaired) electrons. The fraction of sp³-hybridized carbons (Fsp3) is 0.235. The van der Waals surface area contributed by atoms with E-state index in [1.807, 2.05) is 58.1 Å². The molecule has 0 aliphatic rings. The highest BCUT2D eigenvalue weighted by Gasteiger charge is 2.19. The molecule has 0 aliphatic carbocycles. The Balaban J connectivity index is 1.85. The van der Waals surface area contributed by atoms with Crippen molar-refractivity contribution in [2.75, 3.05) is 6.54 Å². The van der Waals surface area contributed by atoms with E-state index in [-0.39, 0.29) is 18.5 Å². The highest BCUT2D eigenvalue weighted by Crippen LogP contribution is 2.21. The number of benzene rings is 1. The number of hydrogen-bond acceptors (Lipinski definition) is 4. The normalized spacial score (nSPS) is 12.6. The van der Waals surface area contributed by atoms with Gasteiger partial charge in [0.1, 0.15) is 0 Å². The zero-order valence-electron chi connectivity index (χ0n) is 13.0. The number of carbonyl (C=O) groups excluding carboxylic acids is 1. The van der Waals surface area contributed by atoms with Gasteiger partial charge in [-0.05, 0) is 18.6 Å². The van der Waals surface area contributed by atoms with Gasteiger partial charge in [-0.3, -0.25) is 14.1 Å². The third kappa shape index (κ3) is 3.54. The van der Waals surface area contributed by atoms with Gasteiger partial charge in [0.25, 0.3) is 0 Å². The van der Waals surface area contributed by atoms with E-state index in [9.17, 15) is 4.79 Å². The summed E-state index contributed by atoms with van der Waals surface area (Å²) in [5.74, 6) is 0.295. The Bertz CT molecular complexity index is 766. The Labute approximate surface area is 134 Å². The van der Waals surface area contributed by atoms with Crippen LogP contribution in [0.3, 0.4) is 0 Å². The first-order valence-corrected chi connectivity index (χ1v) is 7.49. The second-order valence-electron chi connectivity index (χ2n) is 5.52. The second kappa shape index (κ2) is 6.58. The van der Waals surface area contributed by atoms with Crippen LogP contribution in [0.25, 0.3) is 5.78 Å². The number of rotatable bonds is 6. The number of carbonyl (C=O) groups is 1. The largest absolute Gasteiger partial charge is 0.369 e. The Kier molecular flexibility index (Phi) is 4.34. The van der Waals surface area contributed by atoms with Crippen LogP contribution in [0.5, 0.6) is 0 Å². The van der Waals surface area contributed by atoms with Crippen LogP contribution in [-0.2, 0) is 11.3 Å². The maximum atomic E-state index is 11.5. The average molecular weight is 309 g/mol. The van der Waals surface area contributed by atoms with Crippen molar-refractivity contribution in [2.24, 2.45) is 5.73 Å². The number of amides is 1. The molecule has 6 nitrogen and oxygen atoms in total. The van der Waals surface area contributed by atoms with Crippen LogP contribution in [0.2, 0.25) is 0 Å². The fourth-order valence-corrected chi connectivity index (χ4v) is 2.64. The van der Waals surface area contributed by atoms with Gasteiger partial charge >= 0.3 is 0 Å². The summed E-state index contributed by atoms with van der Waals surface area (Å²) >= 11 is 0. The minimum atomic E-state index is -0.352. The summed E-state index contributed by atoms with van der Waals surface area (Å²) in [6.45, 7) is 2.77. The molecule has 2 N–H and O–H groups in total. The molecule has 0 bridgehead atoms. The average Bonchev–Trinajstić information content (AvgIpc) is 2.96. The van der Waals surface area contributed by atoms with Gasteiger partial charge in [-0.25, -0.2) is 9.97 Å². The summed E-state index contributed by atoms with van der Waals surface area (Å²) < 4.78 is 1.87. The molecule has 0 saturated carbocycles. The molecule has 1 atom stereocenters. The Morgan fingerprint density at radius 3 is 2.78 bits per heavy atom. The Hall–Kier alpha value is -2.73. The summed E-state index contributed by atoms with van der Waals surface area (Å²) in [6.07, 6.45) is 5.53. The van der Waals surface area contributed by atoms with Gasteiger partial charge in [0.2, 0.25) is 11.7 Å². The van der Waals surface area contributed by atoms with Crippen LogP contribution in [0, 0.1) is 0 Å². The zero-order valence-corrected chi connectivity index (χ0v) is 13.0. The number of fused-ring (bicyclic) bond motifs is 1. The van der Waals surface area contributed by atoms with E-state index in [2.05, 4.69) is 16.9 Å². The van der Waals surface area contributed by atoms with Crippen LogP contribution in [0.15, 0.2) is 55.0 Å². The molecular weight excluding hydrogens is 290 g/mol. The van der Waals surface area contributed by atoms with Crippen molar-refractivity contribution in [3.63, 3.8) is 0 Å². The van der Waals surface area contributed by atoms with E-state index in [1.54, 1.807) is 6.20 Å². The van der Waals surface area contributed by atoms with Gasteiger partial charge in [0.05, 0.1) is 12.2 Å². The molecule has 2 heterocycles. The SMILES string of the molecule is C[C@H](c1ccccc1)N(CC(N)=O)Cc1cn2cccnc2n1. The lowest BCUT2D eigenvalue weighted by molar-refractivity contribution is -0.119. The predicted octanol–water partition coefficient (Wildman–Crippen LogP) is 1.78. The number of hydrogen-bond donors (Lipinski definition) is 1. The zero-order chi connectivity index (χ0) is 16.2. The van der Waals surface area contributed by atoms with Crippen molar-refractivity contribution in [3.05, 3.63) is 66.2 Å². The maximum Gasteiger partial charge on any atom is 0.233 e. The van der Waals surface area contributed by atoms with Crippen LogP contribution in [0.4, 0.5) is 0 Å². The van der Waals surface area contributed by atoms with E-state index in [4.69, 9.17) is 5.73 Å². The van der Waals surface area contributed by atoms with E-state index < -0.39 is 0 Å². The van der Waals surface area contributed by atoms with Crippen molar-refractivity contribution >= 4 is 11.7 Å². The Morgan fingerprint density at radius 2 is 2.09 bits per heavy atom. The van der Waals surface area contributed by atoms with Gasteiger partial charge in [0.15, 0.2) is 0 Å². The standard InChI is InChI=1S/C17H19N5O/c1-13(14-6-3-2-4-7-14)22(12-16(18)23)11-15-10-21-9-5-8-19-17(21)20-15/h2-10,13H,11-12H2,1H3,(H2,18,23)/t13-/m1/s1. The molecule has 3 rings (SSSR count). The molecular formula is C17H19N5O. The summed E-state index contributed by atoms with van der Waals surface area (Å²) in [4.78, 5) is 22.2. The van der Waals surface area contributed by atoms with E-state index in [0.29, 0.717) is 12.3 Å². The van der Waals surface area contributed by atoms with Crippen molar-refractivity contribution in [1.82, 2.24) is 19.3 Å². The molecule has 23 heavy (non-hydrogen) atoms. The molecule has 118 valence electrons. The van der Waals surface area contributed by atoms with Crippen molar-refractivity contribution in [3.8, 4) is 0 Å². The molecule has 6 heteroatoms. The van der Waals surface area contributed by atoms with E-state index in [0.717, 1.165) is 11.3 Å². The first-order chi connectivity index (χ1) is 11.1. The highest BCUT2D eigenvalue weighted by atomic mass is 16.1. The van der Waals surface area contributed by atoms with Gasteiger partial charge in [0, 0.05) is 31.2 Å². The summed E-state index contributed by atoms with van der Waals surface area (Å²) in [5.41, 5.74) is 7.41. The maximum absolute atomic E-state index is 11.5. The molecule has 2 aromatic heterocycles. The van der Waals surface area contributed by atoms with Crippen LogP contribution in [-0.4, -0.2) is 31.7 Å². The molecule has 1 aromatic carbocycles. The second-order valence-corrected chi connectivity index (χ2v) is 5.52. The van der Waals surface area contributed by atoms with Gasteiger partial charge in [-0.2, -0.15) is 0 Å². The quantitative estimate of drug-likeness (QED) is 0.753. The molecule has 3 aromatic rings. The highest BCUT2D eigenvalue weighted by molar-refractivity contribution is 5.76. The molecule has 0 fully saturated rings. The molecule has 1 amide bonds. The van der Waals surface area contributed by atoms with Crippen molar-refractivity contribution < 1.29 is 4.79 Å². The minimum Gasteiger partial charge on any atom is -0.369 e. The lowest BCUT2D eigenvalue weighted by Gasteiger charge is -2.27.